The number of hydrogen-bond acceptors (Lipinski definition) is 4. The van der Waals surface area contributed by atoms with E-state index in [4.69, 9.17) is 4.74 Å². The van der Waals surface area contributed by atoms with E-state index in [1.807, 2.05) is 42.5 Å². The molecule has 1 aromatic heterocycles. The van der Waals surface area contributed by atoms with E-state index in [1.165, 1.54) is 0 Å². The molecule has 0 aliphatic rings. The first-order valence-corrected chi connectivity index (χ1v) is 10.1. The molecule has 32 heavy (non-hydrogen) atoms. The van der Waals surface area contributed by atoms with Crippen LogP contribution >= 0.6 is 0 Å². The number of ether oxygens (including phenoxy) is 1. The van der Waals surface area contributed by atoms with Crippen LogP contribution in [0.25, 0.3) is 0 Å². The van der Waals surface area contributed by atoms with Gasteiger partial charge < -0.3 is 15.4 Å². The summed E-state index contributed by atoms with van der Waals surface area (Å²) in [5.74, 6) is 0.268. The van der Waals surface area contributed by atoms with Crippen LogP contribution in [0.2, 0.25) is 0 Å². The maximum atomic E-state index is 12.6. The van der Waals surface area contributed by atoms with Crippen LogP contribution < -0.4 is 15.4 Å². The van der Waals surface area contributed by atoms with Crippen LogP contribution in [-0.2, 0) is 6.61 Å². The summed E-state index contributed by atoms with van der Waals surface area (Å²) in [4.78, 5) is 29.0. The zero-order valence-electron chi connectivity index (χ0n) is 17.2. The highest BCUT2D eigenvalue weighted by Gasteiger charge is 2.10. The highest BCUT2D eigenvalue weighted by Crippen LogP contribution is 2.16. The molecule has 0 unspecified atom stereocenters. The molecule has 6 nitrogen and oxygen atoms in total. The maximum absolute atomic E-state index is 12.6. The number of rotatable bonds is 7. The van der Waals surface area contributed by atoms with E-state index in [2.05, 4.69) is 15.6 Å². The third kappa shape index (κ3) is 5.58. The van der Waals surface area contributed by atoms with Crippen molar-refractivity contribution in [2.45, 2.75) is 6.61 Å². The lowest BCUT2D eigenvalue weighted by molar-refractivity contribution is 0.101. The average molecular weight is 423 g/mol. The van der Waals surface area contributed by atoms with Crippen LogP contribution in [0.4, 0.5) is 11.4 Å². The zero-order valence-corrected chi connectivity index (χ0v) is 17.2. The summed E-state index contributed by atoms with van der Waals surface area (Å²) in [5, 5.41) is 5.63. The van der Waals surface area contributed by atoms with E-state index in [0.717, 1.165) is 11.3 Å². The molecular weight excluding hydrogens is 402 g/mol. The number of nitrogens with one attached hydrogen (secondary N) is 2. The predicted molar refractivity (Wildman–Crippen MR) is 124 cm³/mol. The highest BCUT2D eigenvalue weighted by atomic mass is 16.5. The summed E-state index contributed by atoms with van der Waals surface area (Å²) in [6.07, 6.45) is 3.21. The Morgan fingerprint density at radius 3 is 2.12 bits per heavy atom. The van der Waals surface area contributed by atoms with E-state index in [-0.39, 0.29) is 11.8 Å². The summed E-state index contributed by atoms with van der Waals surface area (Å²) in [6.45, 7) is 0.417. The standard InChI is InChI=1S/C26H21N3O3/c30-25(20-11-9-19(10-12-20)18-32-24-7-2-1-3-8-24)29-23-6-4-5-21(17-23)26(31)28-22-13-15-27-16-14-22/h1-17H,18H2,(H,29,30)(H,27,28,31). The van der Waals surface area contributed by atoms with Crippen LogP contribution in [0.1, 0.15) is 26.3 Å². The van der Waals surface area contributed by atoms with Gasteiger partial charge in [0.25, 0.3) is 11.8 Å². The number of benzene rings is 3. The minimum absolute atomic E-state index is 0.257. The number of para-hydroxylation sites is 1. The molecule has 4 aromatic rings. The number of amides is 2. The van der Waals surface area contributed by atoms with Gasteiger partial charge in [0.1, 0.15) is 12.4 Å². The number of nitrogens with zero attached hydrogens (tertiary/aromatic N) is 1. The fraction of sp³-hybridized carbons (Fsp3) is 0.0385. The summed E-state index contributed by atoms with van der Waals surface area (Å²) < 4.78 is 5.72. The predicted octanol–water partition coefficient (Wildman–Crippen LogP) is 5.17. The molecule has 0 bridgehead atoms. The van der Waals surface area contributed by atoms with Crippen LogP contribution in [0, 0.1) is 0 Å². The molecule has 2 amide bonds. The smallest absolute Gasteiger partial charge is 0.255 e. The third-order valence-corrected chi connectivity index (χ3v) is 4.69. The van der Waals surface area contributed by atoms with Gasteiger partial charge in [0.05, 0.1) is 0 Å². The number of hydrogen-bond donors (Lipinski definition) is 2. The van der Waals surface area contributed by atoms with Crippen molar-refractivity contribution in [3.8, 4) is 5.75 Å². The van der Waals surface area contributed by atoms with Gasteiger partial charge in [0.15, 0.2) is 0 Å². The minimum atomic E-state index is -0.268. The second-order valence-corrected chi connectivity index (χ2v) is 7.02. The summed E-state index contributed by atoms with van der Waals surface area (Å²) in [6, 6.07) is 27.0. The Hall–Kier alpha value is -4.45. The zero-order chi connectivity index (χ0) is 22.2. The van der Waals surface area contributed by atoms with Crippen molar-refractivity contribution < 1.29 is 14.3 Å². The van der Waals surface area contributed by atoms with Gasteiger partial charge in [0.2, 0.25) is 0 Å². The van der Waals surface area contributed by atoms with Gasteiger partial charge in [-0.15, -0.1) is 0 Å². The molecule has 0 radical (unpaired) electrons. The third-order valence-electron chi connectivity index (χ3n) is 4.69. The lowest BCUT2D eigenvalue weighted by atomic mass is 10.1. The van der Waals surface area contributed by atoms with Gasteiger partial charge in [-0.25, -0.2) is 0 Å². The van der Waals surface area contributed by atoms with Crippen LogP contribution in [0.3, 0.4) is 0 Å². The Balaban J connectivity index is 1.36. The molecule has 1 heterocycles. The van der Waals surface area contributed by atoms with Crippen molar-refractivity contribution in [1.29, 1.82) is 0 Å². The van der Waals surface area contributed by atoms with Crippen LogP contribution in [-0.4, -0.2) is 16.8 Å². The van der Waals surface area contributed by atoms with E-state index in [0.29, 0.717) is 29.1 Å². The van der Waals surface area contributed by atoms with Gasteiger partial charge in [-0.2, -0.15) is 0 Å². The van der Waals surface area contributed by atoms with E-state index < -0.39 is 0 Å². The van der Waals surface area contributed by atoms with E-state index in [1.54, 1.807) is 60.9 Å². The molecule has 0 saturated heterocycles. The Kier molecular flexibility index (Phi) is 6.53. The topological polar surface area (TPSA) is 80.3 Å². The van der Waals surface area contributed by atoms with Crippen LogP contribution in [0.15, 0.2) is 103 Å². The molecule has 0 atom stereocenters. The molecule has 158 valence electrons. The molecule has 0 saturated carbocycles. The van der Waals surface area contributed by atoms with Gasteiger partial charge in [-0.1, -0.05) is 36.4 Å². The van der Waals surface area contributed by atoms with E-state index in [9.17, 15) is 9.59 Å². The fourth-order valence-corrected chi connectivity index (χ4v) is 3.02. The lowest BCUT2D eigenvalue weighted by Crippen LogP contribution is -2.14. The molecule has 0 aliphatic carbocycles. The van der Waals surface area contributed by atoms with Crippen molar-refractivity contribution in [2.75, 3.05) is 10.6 Å². The maximum Gasteiger partial charge on any atom is 0.255 e. The van der Waals surface area contributed by atoms with Gasteiger partial charge >= 0.3 is 0 Å². The van der Waals surface area contributed by atoms with Crippen molar-refractivity contribution in [3.63, 3.8) is 0 Å². The number of pyridine rings is 1. The first-order chi connectivity index (χ1) is 15.7. The highest BCUT2D eigenvalue weighted by molar-refractivity contribution is 6.07. The summed E-state index contributed by atoms with van der Waals surface area (Å²) >= 11 is 0. The first kappa shape index (κ1) is 20.8. The number of carbonyl (C=O) groups is 2. The second-order valence-electron chi connectivity index (χ2n) is 7.02. The quantitative estimate of drug-likeness (QED) is 0.430. The number of carbonyl (C=O) groups excluding carboxylic acids is 2. The molecule has 3 aromatic carbocycles. The second kappa shape index (κ2) is 10.0. The monoisotopic (exact) mass is 423 g/mol. The normalized spacial score (nSPS) is 10.2. The van der Waals surface area contributed by atoms with E-state index >= 15 is 0 Å². The van der Waals surface area contributed by atoms with Crippen molar-refractivity contribution in [1.82, 2.24) is 4.98 Å². The first-order valence-electron chi connectivity index (χ1n) is 10.1. The van der Waals surface area contributed by atoms with Gasteiger partial charge in [-0.3, -0.25) is 14.6 Å². The minimum Gasteiger partial charge on any atom is -0.489 e. The fourth-order valence-electron chi connectivity index (χ4n) is 3.02. The van der Waals surface area contributed by atoms with Crippen LogP contribution in [0.5, 0.6) is 5.75 Å². The summed E-state index contributed by atoms with van der Waals surface area (Å²) in [7, 11) is 0. The van der Waals surface area contributed by atoms with Gasteiger partial charge in [-0.05, 0) is 60.2 Å². The Morgan fingerprint density at radius 2 is 1.38 bits per heavy atom. The number of anilines is 2. The molecule has 2 N–H and O–H groups in total. The number of aromatic nitrogens is 1. The van der Waals surface area contributed by atoms with Crippen molar-refractivity contribution in [3.05, 3.63) is 120 Å². The lowest BCUT2D eigenvalue weighted by Gasteiger charge is -2.09. The molecule has 0 spiro atoms. The molecule has 4 rings (SSSR count). The molecule has 6 heteroatoms. The average Bonchev–Trinajstić information content (AvgIpc) is 2.84. The molecule has 0 aliphatic heterocycles. The Labute approximate surface area is 185 Å². The molecule has 0 fully saturated rings. The Bertz CT molecular complexity index is 1190. The van der Waals surface area contributed by atoms with Gasteiger partial charge in [0, 0.05) is 34.9 Å². The largest absolute Gasteiger partial charge is 0.489 e. The SMILES string of the molecule is O=C(Nc1cccc(C(=O)Nc2ccncc2)c1)c1ccc(COc2ccccc2)cc1. The van der Waals surface area contributed by atoms with Crippen molar-refractivity contribution in [2.24, 2.45) is 0 Å². The van der Waals surface area contributed by atoms with Crippen molar-refractivity contribution >= 4 is 23.2 Å². The summed E-state index contributed by atoms with van der Waals surface area (Å²) in [5.41, 5.74) is 3.10. The Morgan fingerprint density at radius 1 is 0.688 bits per heavy atom. The molecular formula is C26H21N3O3.